The number of carbonyl (C=O) groups excluding carboxylic acids is 1. The van der Waals surface area contributed by atoms with Gasteiger partial charge in [-0.2, -0.15) is 0 Å². The van der Waals surface area contributed by atoms with Crippen molar-refractivity contribution in [2.45, 2.75) is 6.42 Å². The van der Waals surface area contributed by atoms with Crippen LogP contribution in [0.15, 0.2) is 34.9 Å². The number of hydrogen-bond donors (Lipinski definition) is 0. The Balaban J connectivity index is 1.67. The van der Waals surface area contributed by atoms with Gasteiger partial charge in [-0.3, -0.25) is 4.79 Å². The average Bonchev–Trinajstić information content (AvgIpc) is 2.97. The van der Waals surface area contributed by atoms with Gasteiger partial charge in [0.1, 0.15) is 6.26 Å². The molecule has 0 radical (unpaired) electrons. The number of benzene rings is 1. The highest BCUT2D eigenvalue weighted by atomic mass is 35.5. The van der Waals surface area contributed by atoms with E-state index in [1.807, 2.05) is 12.1 Å². The van der Waals surface area contributed by atoms with Crippen LogP contribution in [0.3, 0.4) is 0 Å². The number of rotatable bonds is 3. The summed E-state index contributed by atoms with van der Waals surface area (Å²) < 4.78 is 10.7. The van der Waals surface area contributed by atoms with Gasteiger partial charge in [-0.15, -0.1) is 0 Å². The van der Waals surface area contributed by atoms with Gasteiger partial charge in [0.2, 0.25) is 11.8 Å². The molecule has 3 rings (SSSR count). The maximum Gasteiger partial charge on any atom is 0.228 e. The summed E-state index contributed by atoms with van der Waals surface area (Å²) in [5, 5.41) is 0.660. The Morgan fingerprint density at radius 2 is 1.95 bits per heavy atom. The summed E-state index contributed by atoms with van der Waals surface area (Å²) in [6, 6.07) is 7.22. The summed E-state index contributed by atoms with van der Waals surface area (Å²) >= 11 is 5.85. The van der Waals surface area contributed by atoms with Crippen LogP contribution < -0.4 is 0 Å². The lowest BCUT2D eigenvalue weighted by molar-refractivity contribution is -0.134. The number of aromatic nitrogens is 1. The molecule has 0 bridgehead atoms. The summed E-state index contributed by atoms with van der Waals surface area (Å²) in [6.45, 7) is 2.47. The van der Waals surface area contributed by atoms with E-state index in [0.29, 0.717) is 42.9 Å². The number of oxazole rings is 1. The van der Waals surface area contributed by atoms with Crippen molar-refractivity contribution >= 4 is 17.5 Å². The number of halogens is 1. The maximum absolute atomic E-state index is 12.1. The maximum atomic E-state index is 12.1. The summed E-state index contributed by atoms with van der Waals surface area (Å²) in [4.78, 5) is 18.3. The van der Waals surface area contributed by atoms with Crippen molar-refractivity contribution in [2.75, 3.05) is 26.3 Å². The fourth-order valence-electron chi connectivity index (χ4n) is 2.19. The van der Waals surface area contributed by atoms with Crippen molar-refractivity contribution in [3.63, 3.8) is 0 Å². The van der Waals surface area contributed by atoms with Crippen molar-refractivity contribution in [3.05, 3.63) is 41.2 Å². The predicted octanol–water partition coefficient (Wildman–Crippen LogP) is 2.40. The van der Waals surface area contributed by atoms with Crippen LogP contribution in [0.5, 0.6) is 0 Å². The second-order valence-corrected chi connectivity index (χ2v) is 5.26. The molecule has 0 saturated carbocycles. The zero-order valence-corrected chi connectivity index (χ0v) is 12.2. The first kappa shape index (κ1) is 14.1. The van der Waals surface area contributed by atoms with Crippen LogP contribution in [0.25, 0.3) is 11.5 Å². The Labute approximate surface area is 127 Å². The first-order valence-corrected chi connectivity index (χ1v) is 7.16. The van der Waals surface area contributed by atoms with Crippen LogP contribution in [0.4, 0.5) is 0 Å². The molecule has 1 amide bonds. The number of ether oxygens (including phenoxy) is 1. The van der Waals surface area contributed by atoms with Gasteiger partial charge in [0.05, 0.1) is 25.3 Å². The molecule has 2 aromatic rings. The van der Waals surface area contributed by atoms with E-state index in [2.05, 4.69) is 4.98 Å². The third-order valence-electron chi connectivity index (χ3n) is 3.34. The van der Waals surface area contributed by atoms with Crippen molar-refractivity contribution in [1.82, 2.24) is 9.88 Å². The average molecular weight is 307 g/mol. The van der Waals surface area contributed by atoms with E-state index in [1.165, 1.54) is 6.26 Å². The number of amides is 1. The topological polar surface area (TPSA) is 55.6 Å². The Morgan fingerprint density at radius 1 is 1.24 bits per heavy atom. The SMILES string of the molecule is O=C(Cc1coc(-c2ccc(Cl)cc2)n1)N1CCOCC1. The Morgan fingerprint density at radius 3 is 2.67 bits per heavy atom. The van der Waals surface area contributed by atoms with Crippen molar-refractivity contribution in [2.24, 2.45) is 0 Å². The van der Waals surface area contributed by atoms with Crippen LogP contribution in [-0.4, -0.2) is 42.1 Å². The molecule has 0 aliphatic carbocycles. The van der Waals surface area contributed by atoms with Gasteiger partial charge >= 0.3 is 0 Å². The van der Waals surface area contributed by atoms with Crippen molar-refractivity contribution < 1.29 is 13.9 Å². The zero-order chi connectivity index (χ0) is 14.7. The molecule has 1 aromatic carbocycles. The second-order valence-electron chi connectivity index (χ2n) is 4.82. The second kappa shape index (κ2) is 6.28. The molecule has 6 heteroatoms. The van der Waals surface area contributed by atoms with Crippen molar-refractivity contribution in [1.29, 1.82) is 0 Å². The minimum Gasteiger partial charge on any atom is -0.444 e. The third kappa shape index (κ3) is 3.43. The van der Waals surface area contributed by atoms with E-state index in [0.717, 1.165) is 5.56 Å². The smallest absolute Gasteiger partial charge is 0.228 e. The summed E-state index contributed by atoms with van der Waals surface area (Å²) in [5.74, 6) is 0.547. The quantitative estimate of drug-likeness (QED) is 0.874. The van der Waals surface area contributed by atoms with E-state index in [9.17, 15) is 4.79 Å². The van der Waals surface area contributed by atoms with E-state index in [4.69, 9.17) is 20.8 Å². The Kier molecular flexibility index (Phi) is 4.22. The molecule has 21 heavy (non-hydrogen) atoms. The molecule has 1 saturated heterocycles. The molecular weight excluding hydrogens is 292 g/mol. The number of carbonyl (C=O) groups is 1. The summed E-state index contributed by atoms with van der Waals surface area (Å²) in [6.07, 6.45) is 1.78. The van der Waals surface area contributed by atoms with E-state index in [1.54, 1.807) is 17.0 Å². The van der Waals surface area contributed by atoms with E-state index >= 15 is 0 Å². The van der Waals surface area contributed by atoms with Gasteiger partial charge in [-0.25, -0.2) is 4.98 Å². The van der Waals surface area contributed by atoms with Crippen LogP contribution in [0.2, 0.25) is 5.02 Å². The normalized spacial score (nSPS) is 15.2. The van der Waals surface area contributed by atoms with Crippen LogP contribution in [-0.2, 0) is 16.0 Å². The first-order chi connectivity index (χ1) is 10.2. The highest BCUT2D eigenvalue weighted by molar-refractivity contribution is 6.30. The zero-order valence-electron chi connectivity index (χ0n) is 11.4. The van der Waals surface area contributed by atoms with Gasteiger partial charge in [0.25, 0.3) is 0 Å². The number of nitrogens with zero attached hydrogens (tertiary/aromatic N) is 2. The van der Waals surface area contributed by atoms with Crippen LogP contribution >= 0.6 is 11.6 Å². The third-order valence-corrected chi connectivity index (χ3v) is 3.59. The molecule has 1 aliphatic rings. The van der Waals surface area contributed by atoms with Gasteiger partial charge in [0, 0.05) is 23.7 Å². The molecule has 5 nitrogen and oxygen atoms in total. The van der Waals surface area contributed by atoms with Gasteiger partial charge in [0.15, 0.2) is 0 Å². The van der Waals surface area contributed by atoms with E-state index in [-0.39, 0.29) is 12.3 Å². The van der Waals surface area contributed by atoms with Gasteiger partial charge in [-0.1, -0.05) is 11.6 Å². The largest absolute Gasteiger partial charge is 0.444 e. The van der Waals surface area contributed by atoms with Gasteiger partial charge < -0.3 is 14.1 Å². The minimum atomic E-state index is 0.0502. The Bertz CT molecular complexity index is 618. The van der Waals surface area contributed by atoms with Crippen LogP contribution in [0.1, 0.15) is 5.69 Å². The highest BCUT2D eigenvalue weighted by Gasteiger charge is 2.18. The lowest BCUT2D eigenvalue weighted by Gasteiger charge is -2.26. The molecule has 0 spiro atoms. The number of morpholine rings is 1. The predicted molar refractivity (Wildman–Crippen MR) is 78.1 cm³/mol. The first-order valence-electron chi connectivity index (χ1n) is 6.78. The molecule has 1 aromatic heterocycles. The summed E-state index contributed by atoms with van der Waals surface area (Å²) in [5.41, 5.74) is 1.47. The standard InChI is InChI=1S/C15H15ClN2O3/c16-12-3-1-11(2-4-12)15-17-13(10-21-15)9-14(19)18-5-7-20-8-6-18/h1-4,10H,5-9H2. The number of hydrogen-bond acceptors (Lipinski definition) is 4. The van der Waals surface area contributed by atoms with E-state index < -0.39 is 0 Å². The van der Waals surface area contributed by atoms with Crippen LogP contribution in [0, 0.1) is 0 Å². The lowest BCUT2D eigenvalue weighted by Crippen LogP contribution is -2.41. The molecule has 0 atom stereocenters. The lowest BCUT2D eigenvalue weighted by atomic mass is 10.2. The Hall–Kier alpha value is -1.85. The van der Waals surface area contributed by atoms with Gasteiger partial charge in [-0.05, 0) is 24.3 Å². The molecule has 1 fully saturated rings. The molecule has 2 heterocycles. The molecule has 0 N–H and O–H groups in total. The fourth-order valence-corrected chi connectivity index (χ4v) is 2.32. The summed E-state index contributed by atoms with van der Waals surface area (Å²) in [7, 11) is 0. The van der Waals surface area contributed by atoms with Crippen molar-refractivity contribution in [3.8, 4) is 11.5 Å². The molecule has 110 valence electrons. The molecule has 1 aliphatic heterocycles. The molecule has 0 unspecified atom stereocenters. The minimum absolute atomic E-state index is 0.0502. The highest BCUT2D eigenvalue weighted by Crippen LogP contribution is 2.21. The fraction of sp³-hybridized carbons (Fsp3) is 0.333. The monoisotopic (exact) mass is 306 g/mol. The molecular formula is C15H15ClN2O3.